The fourth-order valence-corrected chi connectivity index (χ4v) is 1.99. The van der Waals surface area contributed by atoms with Gasteiger partial charge in [0.05, 0.1) is 5.69 Å². The van der Waals surface area contributed by atoms with E-state index in [1.165, 1.54) is 18.8 Å². The highest BCUT2D eigenvalue weighted by Crippen LogP contribution is 2.28. The van der Waals surface area contributed by atoms with Gasteiger partial charge in [-0.3, -0.25) is 0 Å². The van der Waals surface area contributed by atoms with Gasteiger partial charge in [-0.05, 0) is 19.4 Å². The molecule has 5 heteroatoms. The lowest BCUT2D eigenvalue weighted by molar-refractivity contribution is 0.365. The number of rotatable bonds is 4. The lowest BCUT2D eigenvalue weighted by Gasteiger charge is -2.10. The molecule has 0 spiro atoms. The Hall–Kier alpha value is -1.68. The molecule has 0 saturated carbocycles. The van der Waals surface area contributed by atoms with Gasteiger partial charge >= 0.3 is 0 Å². The number of alkyl halides is 1. The summed E-state index contributed by atoms with van der Waals surface area (Å²) < 4.78 is 13.3. The van der Waals surface area contributed by atoms with Crippen molar-refractivity contribution in [3.05, 3.63) is 52.4 Å². The van der Waals surface area contributed by atoms with Crippen LogP contribution in [0.4, 0.5) is 10.2 Å². The average Bonchev–Trinajstić information content (AvgIpc) is 2.39. The molecule has 1 N–H and O–H groups in total. The summed E-state index contributed by atoms with van der Waals surface area (Å²) in [5.74, 6) is 0.455. The molecule has 1 unspecified atom stereocenters. The zero-order chi connectivity index (χ0) is 13.8. The van der Waals surface area contributed by atoms with Gasteiger partial charge < -0.3 is 5.32 Å². The van der Waals surface area contributed by atoms with Crippen molar-refractivity contribution in [1.82, 2.24) is 9.97 Å². The minimum Gasteiger partial charge on any atom is -0.365 e. The first-order valence-electron chi connectivity index (χ1n) is 6.02. The van der Waals surface area contributed by atoms with Gasteiger partial charge in [0.15, 0.2) is 0 Å². The van der Waals surface area contributed by atoms with Crippen LogP contribution in [0.2, 0.25) is 5.02 Å². The lowest BCUT2D eigenvalue weighted by atomic mass is 10.1. The molecule has 1 heterocycles. The topological polar surface area (TPSA) is 37.8 Å². The van der Waals surface area contributed by atoms with Crippen LogP contribution in [0.5, 0.6) is 0 Å². The molecule has 1 aromatic carbocycles. The maximum Gasteiger partial charge on any atom is 0.148 e. The Bertz CT molecular complexity index is 555. The first kappa shape index (κ1) is 13.7. The molecule has 0 amide bonds. The number of aryl methyl sites for hydroxylation is 1. The number of benzene rings is 1. The smallest absolute Gasteiger partial charge is 0.148 e. The number of hydrogen-bond acceptors (Lipinski definition) is 3. The molecular formula is C14H15ClFN3. The molecule has 0 aliphatic rings. The zero-order valence-corrected chi connectivity index (χ0v) is 11.6. The maximum atomic E-state index is 13.3. The number of halogens is 2. The van der Waals surface area contributed by atoms with Gasteiger partial charge in [-0.2, -0.15) is 0 Å². The van der Waals surface area contributed by atoms with Gasteiger partial charge in [-0.15, -0.1) is 0 Å². The largest absolute Gasteiger partial charge is 0.365 e. The first-order chi connectivity index (χ1) is 9.08. The van der Waals surface area contributed by atoms with E-state index >= 15 is 0 Å². The second-order valence-electron chi connectivity index (χ2n) is 4.38. The Morgan fingerprint density at radius 1 is 1.26 bits per heavy atom. The van der Waals surface area contributed by atoms with Crippen LogP contribution in [-0.2, 0) is 6.54 Å². The third kappa shape index (κ3) is 3.41. The number of anilines is 1. The van der Waals surface area contributed by atoms with E-state index < -0.39 is 6.17 Å². The van der Waals surface area contributed by atoms with Crippen molar-refractivity contribution in [2.24, 2.45) is 0 Å². The first-order valence-corrected chi connectivity index (χ1v) is 6.39. The molecule has 0 fully saturated rings. The predicted molar refractivity (Wildman–Crippen MR) is 75.1 cm³/mol. The van der Waals surface area contributed by atoms with Crippen LogP contribution in [0.1, 0.15) is 29.9 Å². The molecule has 1 atom stereocenters. The van der Waals surface area contributed by atoms with Crippen LogP contribution in [0.25, 0.3) is 0 Å². The van der Waals surface area contributed by atoms with E-state index in [1.54, 1.807) is 0 Å². The molecule has 2 aromatic rings. The normalized spacial score (nSPS) is 12.2. The van der Waals surface area contributed by atoms with Gasteiger partial charge in [0.25, 0.3) is 0 Å². The van der Waals surface area contributed by atoms with E-state index in [0.717, 1.165) is 5.56 Å². The summed E-state index contributed by atoms with van der Waals surface area (Å²) in [5.41, 5.74) is 2.52. The molecule has 2 rings (SSSR count). The Labute approximate surface area is 116 Å². The third-order valence-electron chi connectivity index (χ3n) is 2.77. The molecule has 0 bridgehead atoms. The Morgan fingerprint density at radius 2 is 1.95 bits per heavy atom. The Kier molecular flexibility index (Phi) is 4.32. The highest BCUT2D eigenvalue weighted by atomic mass is 35.5. The van der Waals surface area contributed by atoms with Gasteiger partial charge in [0.2, 0.25) is 0 Å². The summed E-state index contributed by atoms with van der Waals surface area (Å²) in [6.45, 7) is 4.02. The van der Waals surface area contributed by atoms with Crippen LogP contribution in [0.15, 0.2) is 30.6 Å². The van der Waals surface area contributed by atoms with E-state index in [-0.39, 0.29) is 10.7 Å². The maximum absolute atomic E-state index is 13.3. The molecule has 0 radical (unpaired) electrons. The molecule has 19 heavy (non-hydrogen) atoms. The highest BCUT2D eigenvalue weighted by Gasteiger charge is 2.14. The van der Waals surface area contributed by atoms with Crippen LogP contribution in [-0.4, -0.2) is 9.97 Å². The van der Waals surface area contributed by atoms with E-state index in [4.69, 9.17) is 11.6 Å². The monoisotopic (exact) mass is 279 g/mol. The summed E-state index contributed by atoms with van der Waals surface area (Å²) in [4.78, 5) is 7.88. The molecule has 0 aliphatic carbocycles. The van der Waals surface area contributed by atoms with Crippen molar-refractivity contribution < 1.29 is 4.39 Å². The summed E-state index contributed by atoms with van der Waals surface area (Å²) in [6.07, 6.45) is 0.102. The van der Waals surface area contributed by atoms with Crippen molar-refractivity contribution in [2.75, 3.05) is 5.32 Å². The Balaban J connectivity index is 2.11. The van der Waals surface area contributed by atoms with Gasteiger partial charge in [0.1, 0.15) is 23.3 Å². The summed E-state index contributed by atoms with van der Waals surface area (Å²) in [6, 6.07) is 8.12. The quantitative estimate of drug-likeness (QED) is 0.916. The van der Waals surface area contributed by atoms with Crippen LogP contribution < -0.4 is 5.32 Å². The van der Waals surface area contributed by atoms with Crippen molar-refractivity contribution in [2.45, 2.75) is 26.6 Å². The fourth-order valence-electron chi connectivity index (χ4n) is 1.68. The predicted octanol–water partition coefficient (Wildman–Crippen LogP) is 4.08. The van der Waals surface area contributed by atoms with Gasteiger partial charge in [-0.1, -0.05) is 41.4 Å². The number of hydrogen-bond donors (Lipinski definition) is 1. The molecular weight excluding hydrogens is 265 g/mol. The van der Waals surface area contributed by atoms with E-state index in [9.17, 15) is 4.39 Å². The van der Waals surface area contributed by atoms with Gasteiger partial charge in [0, 0.05) is 6.54 Å². The minimum absolute atomic E-state index is 0.211. The number of nitrogens with zero attached hydrogens (tertiary/aromatic N) is 2. The van der Waals surface area contributed by atoms with E-state index in [1.807, 2.05) is 31.2 Å². The fraction of sp³-hybridized carbons (Fsp3) is 0.286. The number of nitrogens with one attached hydrogen (secondary N) is 1. The minimum atomic E-state index is -1.21. The molecule has 3 nitrogen and oxygen atoms in total. The zero-order valence-electron chi connectivity index (χ0n) is 10.8. The molecule has 100 valence electrons. The van der Waals surface area contributed by atoms with Crippen molar-refractivity contribution in [3.63, 3.8) is 0 Å². The second kappa shape index (κ2) is 5.97. The van der Waals surface area contributed by atoms with Crippen LogP contribution in [0, 0.1) is 6.92 Å². The van der Waals surface area contributed by atoms with Crippen molar-refractivity contribution >= 4 is 17.4 Å². The third-order valence-corrected chi connectivity index (χ3v) is 3.15. The van der Waals surface area contributed by atoms with Crippen LogP contribution >= 0.6 is 11.6 Å². The van der Waals surface area contributed by atoms with Crippen molar-refractivity contribution in [3.8, 4) is 0 Å². The van der Waals surface area contributed by atoms with E-state index in [0.29, 0.717) is 12.4 Å². The summed E-state index contributed by atoms with van der Waals surface area (Å²) in [5, 5.41) is 3.33. The van der Waals surface area contributed by atoms with Crippen molar-refractivity contribution in [1.29, 1.82) is 0 Å². The van der Waals surface area contributed by atoms with Gasteiger partial charge in [-0.25, -0.2) is 14.4 Å². The summed E-state index contributed by atoms with van der Waals surface area (Å²) in [7, 11) is 0. The lowest BCUT2D eigenvalue weighted by Crippen LogP contribution is -2.05. The van der Waals surface area contributed by atoms with Crippen LogP contribution in [0.3, 0.4) is 0 Å². The SMILES string of the molecule is Cc1ccc(CNc2ncnc(C(C)F)c2Cl)cc1. The average molecular weight is 280 g/mol. The van der Waals surface area contributed by atoms with E-state index in [2.05, 4.69) is 15.3 Å². The molecule has 0 saturated heterocycles. The highest BCUT2D eigenvalue weighted by molar-refractivity contribution is 6.33. The standard InChI is InChI=1S/C14H15ClFN3/c1-9-3-5-11(6-4-9)7-17-14-12(15)13(10(2)16)18-8-19-14/h3-6,8,10H,7H2,1-2H3,(H,17,18,19). The molecule has 0 aliphatic heterocycles. The summed E-state index contributed by atoms with van der Waals surface area (Å²) >= 11 is 6.07. The number of aromatic nitrogens is 2. The molecule has 1 aromatic heterocycles. The Morgan fingerprint density at radius 3 is 2.58 bits per heavy atom. The second-order valence-corrected chi connectivity index (χ2v) is 4.75.